The number of hydrogen-bond acceptors (Lipinski definition) is 5. The van der Waals surface area contributed by atoms with Gasteiger partial charge in [-0.3, -0.25) is 0 Å². The number of carboxylic acids is 1. The van der Waals surface area contributed by atoms with Crippen LogP contribution in [0, 0.1) is 0 Å². The third-order valence-electron chi connectivity index (χ3n) is 2.56. The van der Waals surface area contributed by atoms with E-state index in [0.29, 0.717) is 0 Å². The first-order valence-electron chi connectivity index (χ1n) is 5.82. The molecular weight excluding hydrogens is 302 g/mol. The maximum Gasteiger partial charge on any atom is 0.371 e. The minimum Gasteiger partial charge on any atom is -0.475 e. The Hall–Kier alpha value is -1.64. The molecule has 108 valence electrons. The van der Waals surface area contributed by atoms with Crippen LogP contribution in [0.25, 0.3) is 0 Å². The van der Waals surface area contributed by atoms with E-state index in [1.54, 1.807) is 12.1 Å². The Morgan fingerprint density at radius 2 is 2.10 bits per heavy atom. The zero-order valence-electron chi connectivity index (χ0n) is 10.6. The first kappa shape index (κ1) is 14.8. The van der Waals surface area contributed by atoms with Gasteiger partial charge in [0.1, 0.15) is 9.97 Å². The fourth-order valence-corrected chi connectivity index (χ4v) is 3.85. The van der Waals surface area contributed by atoms with Crippen LogP contribution in [0.15, 0.2) is 32.9 Å². The van der Waals surface area contributed by atoms with E-state index in [9.17, 15) is 13.2 Å². The van der Waals surface area contributed by atoms with E-state index in [1.807, 2.05) is 6.92 Å². The Balaban J connectivity index is 2.06. The van der Waals surface area contributed by atoms with Gasteiger partial charge >= 0.3 is 5.97 Å². The molecule has 0 aliphatic heterocycles. The predicted octanol–water partition coefficient (Wildman–Crippen LogP) is 2.08. The minimum absolute atomic E-state index is 0.0883. The van der Waals surface area contributed by atoms with Gasteiger partial charge < -0.3 is 9.52 Å². The van der Waals surface area contributed by atoms with Crippen molar-refractivity contribution >= 4 is 27.3 Å². The summed E-state index contributed by atoms with van der Waals surface area (Å²) in [6, 6.07) is 6.04. The number of aromatic carboxylic acids is 1. The summed E-state index contributed by atoms with van der Waals surface area (Å²) >= 11 is 1.21. The Morgan fingerprint density at radius 3 is 2.65 bits per heavy atom. The second-order valence-corrected chi connectivity index (χ2v) is 7.13. The lowest BCUT2D eigenvalue weighted by Crippen LogP contribution is -2.22. The number of sulfonamides is 1. The van der Waals surface area contributed by atoms with E-state index in [4.69, 9.17) is 9.52 Å². The molecule has 2 heterocycles. The first-order valence-corrected chi connectivity index (χ1v) is 8.12. The van der Waals surface area contributed by atoms with Crippen molar-refractivity contribution in [2.75, 3.05) is 0 Å². The van der Waals surface area contributed by atoms with Crippen molar-refractivity contribution < 1.29 is 22.7 Å². The average molecular weight is 315 g/mol. The van der Waals surface area contributed by atoms with E-state index in [1.165, 1.54) is 23.5 Å². The molecule has 0 atom stereocenters. The van der Waals surface area contributed by atoms with E-state index in [2.05, 4.69) is 4.72 Å². The number of furan rings is 1. The largest absolute Gasteiger partial charge is 0.475 e. The zero-order chi connectivity index (χ0) is 14.8. The van der Waals surface area contributed by atoms with Crippen molar-refractivity contribution in [2.24, 2.45) is 0 Å². The molecule has 0 fully saturated rings. The Labute approximate surface area is 120 Å². The highest BCUT2D eigenvalue weighted by Gasteiger charge is 2.17. The molecule has 2 aromatic rings. The molecule has 0 bridgehead atoms. The summed E-state index contributed by atoms with van der Waals surface area (Å²) in [6.45, 7) is 1.86. The van der Waals surface area contributed by atoms with Gasteiger partial charge in [-0.2, -0.15) is 0 Å². The summed E-state index contributed by atoms with van der Waals surface area (Å²) in [5, 5.41) is 8.70. The Morgan fingerprint density at radius 1 is 1.35 bits per heavy atom. The fraction of sp³-hybridized carbons (Fsp3) is 0.250. The van der Waals surface area contributed by atoms with Crippen LogP contribution in [0.5, 0.6) is 0 Å². The maximum atomic E-state index is 12.0. The SMILES string of the molecule is CCc1ccc(S(=O)(=O)NCc2ccc(C(=O)O)o2)s1. The number of nitrogens with one attached hydrogen (secondary N) is 1. The van der Waals surface area contributed by atoms with Gasteiger partial charge in [-0.15, -0.1) is 11.3 Å². The van der Waals surface area contributed by atoms with E-state index >= 15 is 0 Å². The molecule has 20 heavy (non-hydrogen) atoms. The molecule has 2 aromatic heterocycles. The summed E-state index contributed by atoms with van der Waals surface area (Å²) in [5.74, 6) is -1.16. The van der Waals surface area contributed by atoms with Crippen molar-refractivity contribution in [3.63, 3.8) is 0 Å². The van der Waals surface area contributed by atoms with Crippen molar-refractivity contribution in [3.05, 3.63) is 40.7 Å². The molecule has 2 N–H and O–H groups in total. The number of aryl methyl sites for hydroxylation is 1. The topological polar surface area (TPSA) is 96.6 Å². The van der Waals surface area contributed by atoms with Crippen molar-refractivity contribution in [1.82, 2.24) is 4.72 Å². The van der Waals surface area contributed by atoms with Crippen molar-refractivity contribution in [3.8, 4) is 0 Å². The number of thiophene rings is 1. The summed E-state index contributed by atoms with van der Waals surface area (Å²) in [5.41, 5.74) is 0. The zero-order valence-corrected chi connectivity index (χ0v) is 12.3. The van der Waals surface area contributed by atoms with Crippen LogP contribution >= 0.6 is 11.3 Å². The van der Waals surface area contributed by atoms with Crippen LogP contribution < -0.4 is 4.72 Å². The van der Waals surface area contributed by atoms with Crippen molar-refractivity contribution in [1.29, 1.82) is 0 Å². The minimum atomic E-state index is -3.60. The second-order valence-electron chi connectivity index (χ2n) is 3.97. The molecule has 0 spiro atoms. The number of rotatable bonds is 6. The van der Waals surface area contributed by atoms with Gasteiger partial charge in [0.25, 0.3) is 0 Å². The lowest BCUT2D eigenvalue weighted by molar-refractivity contribution is 0.0660. The normalized spacial score (nSPS) is 11.7. The summed E-state index contributed by atoms with van der Waals surface area (Å²) in [4.78, 5) is 11.6. The summed E-state index contributed by atoms with van der Waals surface area (Å²) in [6.07, 6.45) is 0.778. The Kier molecular flexibility index (Phi) is 4.26. The lowest BCUT2D eigenvalue weighted by Gasteiger charge is -2.02. The standard InChI is InChI=1S/C12H13NO5S2/c1-2-9-4-6-11(19-9)20(16,17)13-7-8-3-5-10(18-8)12(14)15/h3-6,13H,2,7H2,1H3,(H,14,15). The molecule has 0 amide bonds. The van der Waals surface area contributed by atoms with Gasteiger partial charge in [0.15, 0.2) is 0 Å². The average Bonchev–Trinajstić information content (AvgIpc) is 3.05. The van der Waals surface area contributed by atoms with Gasteiger partial charge in [0, 0.05) is 4.88 Å². The third kappa shape index (κ3) is 3.27. The van der Waals surface area contributed by atoms with Gasteiger partial charge in [-0.25, -0.2) is 17.9 Å². The summed E-state index contributed by atoms with van der Waals surface area (Å²) < 4.78 is 31.6. The van der Waals surface area contributed by atoms with Gasteiger partial charge in [-0.05, 0) is 30.7 Å². The number of carbonyl (C=O) groups is 1. The molecule has 0 aromatic carbocycles. The molecule has 0 saturated heterocycles. The second kappa shape index (κ2) is 5.78. The molecule has 8 heteroatoms. The van der Waals surface area contributed by atoms with Crippen LogP contribution in [0.3, 0.4) is 0 Å². The van der Waals surface area contributed by atoms with Crippen LogP contribution in [0.1, 0.15) is 28.1 Å². The predicted molar refractivity (Wildman–Crippen MR) is 73.4 cm³/mol. The van der Waals surface area contributed by atoms with Crippen LogP contribution in [-0.4, -0.2) is 19.5 Å². The van der Waals surface area contributed by atoms with E-state index in [0.717, 1.165) is 11.3 Å². The lowest BCUT2D eigenvalue weighted by atomic mass is 10.4. The molecule has 0 aliphatic rings. The summed E-state index contributed by atoms with van der Waals surface area (Å²) in [7, 11) is -3.60. The quantitative estimate of drug-likeness (QED) is 0.850. The molecule has 0 unspecified atom stereocenters. The highest BCUT2D eigenvalue weighted by molar-refractivity contribution is 7.91. The smallest absolute Gasteiger partial charge is 0.371 e. The monoisotopic (exact) mass is 315 g/mol. The number of carboxylic acid groups (broad SMARTS) is 1. The van der Waals surface area contributed by atoms with E-state index < -0.39 is 16.0 Å². The van der Waals surface area contributed by atoms with Crippen LogP contribution in [0.2, 0.25) is 0 Å². The van der Waals surface area contributed by atoms with Gasteiger partial charge in [-0.1, -0.05) is 6.92 Å². The third-order valence-corrected chi connectivity index (χ3v) is 5.68. The first-order chi connectivity index (χ1) is 9.42. The molecule has 0 saturated carbocycles. The van der Waals surface area contributed by atoms with Crippen LogP contribution in [0.4, 0.5) is 0 Å². The van der Waals surface area contributed by atoms with E-state index in [-0.39, 0.29) is 22.3 Å². The maximum absolute atomic E-state index is 12.0. The number of hydrogen-bond donors (Lipinski definition) is 2. The Bertz CT molecular complexity index is 714. The van der Waals surface area contributed by atoms with Crippen molar-refractivity contribution in [2.45, 2.75) is 24.1 Å². The molecule has 6 nitrogen and oxygen atoms in total. The molecule has 2 rings (SSSR count). The van der Waals surface area contributed by atoms with Crippen LogP contribution in [-0.2, 0) is 23.0 Å². The highest BCUT2D eigenvalue weighted by Crippen LogP contribution is 2.22. The molecule has 0 aliphatic carbocycles. The fourth-order valence-electron chi connectivity index (χ4n) is 1.52. The molecule has 0 radical (unpaired) electrons. The highest BCUT2D eigenvalue weighted by atomic mass is 32.2. The van der Waals surface area contributed by atoms with Gasteiger partial charge in [0.2, 0.25) is 15.8 Å². The van der Waals surface area contributed by atoms with Gasteiger partial charge in [0.05, 0.1) is 6.54 Å². The molecular formula is C12H13NO5S2.